The van der Waals surface area contributed by atoms with E-state index < -0.39 is 11.2 Å². The van der Waals surface area contributed by atoms with Gasteiger partial charge in [-0.2, -0.15) is 0 Å². The lowest BCUT2D eigenvalue weighted by atomic mass is 10.0. The van der Waals surface area contributed by atoms with E-state index in [0.717, 1.165) is 11.0 Å². The predicted octanol–water partition coefficient (Wildman–Crippen LogP) is -0.733. The molecule has 29 heavy (non-hydrogen) atoms. The summed E-state index contributed by atoms with van der Waals surface area (Å²) in [6.45, 7) is 2.21. The van der Waals surface area contributed by atoms with Gasteiger partial charge in [-0.1, -0.05) is 0 Å². The smallest absolute Gasteiger partial charge is 0.410 e. The minimum atomic E-state index is -0.476. The number of hydrogen-bond donors (Lipinski definition) is 0. The van der Waals surface area contributed by atoms with Gasteiger partial charge in [0.25, 0.3) is 5.56 Å². The van der Waals surface area contributed by atoms with Crippen molar-refractivity contribution in [2.24, 2.45) is 14.1 Å². The predicted molar refractivity (Wildman–Crippen MR) is 102 cm³/mol. The summed E-state index contributed by atoms with van der Waals surface area (Å²) in [6, 6.07) is 0.0859. The van der Waals surface area contributed by atoms with E-state index in [4.69, 9.17) is 4.74 Å². The molecule has 0 aromatic carbocycles. The summed E-state index contributed by atoms with van der Waals surface area (Å²) in [5.41, 5.74) is -0.449. The molecule has 4 heterocycles. The molecule has 0 saturated carbocycles. The summed E-state index contributed by atoms with van der Waals surface area (Å²) in [5.74, 6) is -0.125. The normalized spacial score (nSPS) is 18.3. The number of carbonyl (C=O) groups excluding carboxylic acids is 2. The first-order valence-corrected chi connectivity index (χ1v) is 9.70. The number of likely N-dealkylation sites (tertiary alicyclic amines) is 1. The largest absolute Gasteiger partial charge is 0.449 e. The highest BCUT2D eigenvalue weighted by molar-refractivity contribution is 5.79. The third-order valence-corrected chi connectivity index (χ3v) is 5.78. The molecule has 2 saturated heterocycles. The number of rotatable bonds is 3. The summed E-state index contributed by atoms with van der Waals surface area (Å²) < 4.78 is 8.90. The first-order valence-electron chi connectivity index (χ1n) is 9.70. The molecule has 11 heteroatoms. The average Bonchev–Trinajstić information content (AvgIpc) is 3.15. The Kier molecular flexibility index (Phi) is 4.89. The van der Waals surface area contributed by atoms with E-state index in [-0.39, 0.29) is 35.8 Å². The number of hydrogen-bond acceptors (Lipinski definition) is 6. The highest BCUT2D eigenvalue weighted by Crippen LogP contribution is 2.20. The molecule has 2 aliphatic heterocycles. The summed E-state index contributed by atoms with van der Waals surface area (Å²) in [6.07, 6.45) is 3.37. The number of aryl methyl sites for hydroxylation is 1. The van der Waals surface area contributed by atoms with Crippen molar-refractivity contribution in [1.29, 1.82) is 0 Å². The fourth-order valence-electron chi connectivity index (χ4n) is 4.09. The van der Waals surface area contributed by atoms with Crippen LogP contribution >= 0.6 is 0 Å². The fourth-order valence-corrected chi connectivity index (χ4v) is 4.09. The number of piperidine rings is 1. The van der Waals surface area contributed by atoms with Crippen LogP contribution in [0.3, 0.4) is 0 Å². The van der Waals surface area contributed by atoms with Gasteiger partial charge in [0.05, 0.1) is 12.9 Å². The third-order valence-electron chi connectivity index (χ3n) is 5.78. The van der Waals surface area contributed by atoms with Gasteiger partial charge in [0.1, 0.15) is 6.54 Å². The first-order chi connectivity index (χ1) is 13.9. The Hall–Kier alpha value is -3.11. The van der Waals surface area contributed by atoms with E-state index in [2.05, 4.69) is 4.98 Å². The van der Waals surface area contributed by atoms with Crippen molar-refractivity contribution in [3.05, 3.63) is 27.2 Å². The van der Waals surface area contributed by atoms with Crippen LogP contribution in [0.2, 0.25) is 0 Å². The monoisotopic (exact) mass is 404 g/mol. The van der Waals surface area contributed by atoms with Crippen molar-refractivity contribution in [3.63, 3.8) is 0 Å². The molecule has 2 amide bonds. The van der Waals surface area contributed by atoms with Gasteiger partial charge in [0.2, 0.25) is 5.91 Å². The Morgan fingerprint density at radius 3 is 2.55 bits per heavy atom. The lowest BCUT2D eigenvalue weighted by Gasteiger charge is -2.39. The number of carbonyl (C=O) groups is 2. The number of imidazole rings is 1. The highest BCUT2D eigenvalue weighted by atomic mass is 16.6. The highest BCUT2D eigenvalue weighted by Gasteiger charge is 2.32. The van der Waals surface area contributed by atoms with Gasteiger partial charge in [0, 0.05) is 39.8 Å². The summed E-state index contributed by atoms with van der Waals surface area (Å²) in [5, 5.41) is 0. The van der Waals surface area contributed by atoms with Crippen LogP contribution in [0, 0.1) is 0 Å². The summed E-state index contributed by atoms with van der Waals surface area (Å²) in [7, 11) is 2.94. The van der Waals surface area contributed by atoms with Crippen LogP contribution in [0.1, 0.15) is 19.3 Å². The molecule has 2 aliphatic rings. The Morgan fingerprint density at radius 2 is 1.86 bits per heavy atom. The van der Waals surface area contributed by atoms with E-state index in [1.54, 1.807) is 16.8 Å². The Morgan fingerprint density at radius 1 is 1.14 bits per heavy atom. The van der Waals surface area contributed by atoms with E-state index in [9.17, 15) is 19.2 Å². The van der Waals surface area contributed by atoms with Crippen LogP contribution in [0.4, 0.5) is 4.79 Å². The lowest BCUT2D eigenvalue weighted by molar-refractivity contribution is -0.133. The maximum atomic E-state index is 12.8. The molecule has 11 nitrogen and oxygen atoms in total. The SMILES string of the molecule is Cn1c(=O)c2c(ncn2CC(=O)N2CCC(N3CCCOC3=O)CC2)n(C)c1=O. The molecule has 0 atom stereocenters. The topological polar surface area (TPSA) is 112 Å². The Balaban J connectivity index is 1.46. The van der Waals surface area contributed by atoms with Gasteiger partial charge >= 0.3 is 11.8 Å². The number of ether oxygens (including phenoxy) is 1. The first kappa shape index (κ1) is 19.2. The number of cyclic esters (lactones) is 1. The van der Waals surface area contributed by atoms with Crippen LogP contribution in [-0.4, -0.2) is 72.8 Å². The zero-order valence-corrected chi connectivity index (χ0v) is 16.5. The fraction of sp³-hybridized carbons (Fsp3) is 0.611. The molecule has 0 unspecified atom stereocenters. The zero-order chi connectivity index (χ0) is 20.7. The molecule has 0 spiro atoms. The molecule has 0 radical (unpaired) electrons. The van der Waals surface area contributed by atoms with Crippen molar-refractivity contribution < 1.29 is 14.3 Å². The van der Waals surface area contributed by atoms with Gasteiger partial charge in [-0.05, 0) is 19.3 Å². The van der Waals surface area contributed by atoms with Gasteiger partial charge in [0.15, 0.2) is 11.2 Å². The molecule has 2 aromatic rings. The molecular formula is C18H24N6O5. The van der Waals surface area contributed by atoms with Gasteiger partial charge < -0.3 is 19.1 Å². The van der Waals surface area contributed by atoms with Gasteiger partial charge in [-0.25, -0.2) is 14.6 Å². The second-order valence-electron chi connectivity index (χ2n) is 7.52. The number of amides is 2. The maximum Gasteiger partial charge on any atom is 0.410 e. The molecule has 2 aromatic heterocycles. The Labute approximate surface area is 166 Å². The second kappa shape index (κ2) is 7.37. The van der Waals surface area contributed by atoms with Crippen molar-refractivity contribution in [2.45, 2.75) is 31.8 Å². The Bertz CT molecular complexity index is 1070. The number of fused-ring (bicyclic) bond motifs is 1. The van der Waals surface area contributed by atoms with Crippen LogP contribution in [0.25, 0.3) is 11.2 Å². The molecule has 2 fully saturated rings. The molecule has 156 valence electrons. The van der Waals surface area contributed by atoms with Crippen molar-refractivity contribution >= 4 is 23.2 Å². The maximum absolute atomic E-state index is 12.8. The average molecular weight is 404 g/mol. The summed E-state index contributed by atoms with van der Waals surface area (Å²) >= 11 is 0. The third kappa shape index (κ3) is 3.30. The molecule has 0 bridgehead atoms. The number of nitrogens with zero attached hydrogens (tertiary/aromatic N) is 6. The van der Waals surface area contributed by atoms with E-state index >= 15 is 0 Å². The standard InChI is InChI=1S/C18H24N6O5/c1-20-15-14(16(26)21(2)17(20)27)23(11-19-15)10-13(25)22-7-4-12(5-8-22)24-6-3-9-29-18(24)28/h11-12H,3-10H2,1-2H3. The second-order valence-corrected chi connectivity index (χ2v) is 7.52. The van der Waals surface area contributed by atoms with Gasteiger partial charge in [-0.3, -0.25) is 18.7 Å². The van der Waals surface area contributed by atoms with Crippen LogP contribution in [0.5, 0.6) is 0 Å². The van der Waals surface area contributed by atoms with Crippen LogP contribution < -0.4 is 11.2 Å². The van der Waals surface area contributed by atoms with Crippen molar-refractivity contribution in [3.8, 4) is 0 Å². The quantitative estimate of drug-likeness (QED) is 0.667. The molecule has 4 rings (SSSR count). The molecule has 0 N–H and O–H groups in total. The minimum Gasteiger partial charge on any atom is -0.449 e. The van der Waals surface area contributed by atoms with Gasteiger partial charge in [-0.15, -0.1) is 0 Å². The van der Waals surface area contributed by atoms with E-state index in [1.165, 1.54) is 22.5 Å². The zero-order valence-electron chi connectivity index (χ0n) is 16.5. The molecular weight excluding hydrogens is 380 g/mol. The number of aromatic nitrogens is 4. The molecule has 0 aliphatic carbocycles. The van der Waals surface area contributed by atoms with Crippen molar-refractivity contribution in [2.75, 3.05) is 26.2 Å². The van der Waals surface area contributed by atoms with Crippen LogP contribution in [0.15, 0.2) is 15.9 Å². The van der Waals surface area contributed by atoms with Crippen LogP contribution in [-0.2, 0) is 30.2 Å². The van der Waals surface area contributed by atoms with E-state index in [0.29, 0.717) is 39.1 Å². The minimum absolute atomic E-state index is 0.0274. The van der Waals surface area contributed by atoms with E-state index in [1.807, 2.05) is 0 Å². The lowest BCUT2D eigenvalue weighted by Crippen LogP contribution is -2.51. The summed E-state index contributed by atoms with van der Waals surface area (Å²) in [4.78, 5) is 56.9. The van der Waals surface area contributed by atoms with Crippen molar-refractivity contribution in [1.82, 2.24) is 28.5 Å².